The molecule has 0 fully saturated rings. The van der Waals surface area contributed by atoms with Gasteiger partial charge in [0, 0.05) is 32.3 Å². The number of unbranched alkanes of at least 4 members (excludes halogenated alkanes) is 1. The summed E-state index contributed by atoms with van der Waals surface area (Å²) >= 11 is 0. The first kappa shape index (κ1) is 22.3. The molecule has 0 amide bonds. The zero-order valence-corrected chi connectivity index (χ0v) is 15.9. The van der Waals surface area contributed by atoms with Gasteiger partial charge in [-0.3, -0.25) is 9.59 Å². The smallest absolute Gasteiger partial charge is 0.135 e. The molecular weight excluding hydrogens is 288 g/mol. The molecule has 0 N–H and O–H groups in total. The van der Waals surface area contributed by atoms with Crippen LogP contribution < -0.4 is 0 Å². The Morgan fingerprint density at radius 2 is 1.17 bits per heavy atom. The number of hydrogen-bond donors (Lipinski definition) is 0. The van der Waals surface area contributed by atoms with Gasteiger partial charge >= 0.3 is 0 Å². The number of Topliss-reactive ketones (excluding diaryl/α,β-unsaturated/α-hetero) is 2. The number of carbonyl (C=O) groups excluding carboxylic acids is 2. The lowest BCUT2D eigenvalue weighted by molar-refractivity contribution is -0.121. The number of ketones is 2. The molecule has 0 saturated heterocycles. The van der Waals surface area contributed by atoms with Gasteiger partial charge in [0.2, 0.25) is 0 Å². The highest BCUT2D eigenvalue weighted by Crippen LogP contribution is 2.10. The first-order valence-electron chi connectivity index (χ1n) is 9.53. The van der Waals surface area contributed by atoms with Gasteiger partial charge in [-0.15, -0.1) is 0 Å². The largest absolute Gasteiger partial charge is 0.381 e. The quantitative estimate of drug-likeness (QED) is 0.359. The average Bonchev–Trinajstić information content (AvgIpc) is 2.46. The molecule has 3 nitrogen and oxygen atoms in total. The molecule has 136 valence electrons. The maximum absolute atomic E-state index is 11.7. The highest BCUT2D eigenvalue weighted by atomic mass is 16.5. The van der Waals surface area contributed by atoms with Crippen LogP contribution in [0, 0.1) is 11.8 Å². The molecule has 0 spiro atoms. The molecule has 0 bridgehead atoms. The topological polar surface area (TPSA) is 43.4 Å². The van der Waals surface area contributed by atoms with E-state index in [1.54, 1.807) is 0 Å². The second kappa shape index (κ2) is 14.9. The molecule has 0 atom stereocenters. The van der Waals surface area contributed by atoms with E-state index in [-0.39, 0.29) is 0 Å². The third-order valence-electron chi connectivity index (χ3n) is 3.99. The van der Waals surface area contributed by atoms with Crippen molar-refractivity contribution >= 4 is 11.6 Å². The van der Waals surface area contributed by atoms with Crippen LogP contribution in [-0.4, -0.2) is 24.8 Å². The van der Waals surface area contributed by atoms with Gasteiger partial charge in [0.25, 0.3) is 0 Å². The van der Waals surface area contributed by atoms with Gasteiger partial charge in [-0.2, -0.15) is 0 Å². The molecule has 0 aliphatic heterocycles. The average molecular weight is 327 g/mol. The maximum Gasteiger partial charge on any atom is 0.135 e. The van der Waals surface area contributed by atoms with E-state index in [0.29, 0.717) is 56.4 Å². The third-order valence-corrected chi connectivity index (χ3v) is 3.99. The lowest BCUT2D eigenvalue weighted by atomic mass is 10.0. The summed E-state index contributed by atoms with van der Waals surface area (Å²) in [5.74, 6) is 2.05. The fraction of sp³-hybridized carbons (Fsp3) is 0.900. The summed E-state index contributed by atoms with van der Waals surface area (Å²) in [6, 6.07) is 0. The number of ether oxygens (including phenoxy) is 1. The van der Waals surface area contributed by atoms with Gasteiger partial charge in [0.15, 0.2) is 0 Å². The van der Waals surface area contributed by atoms with E-state index in [1.165, 1.54) is 6.42 Å². The van der Waals surface area contributed by atoms with Crippen LogP contribution in [0.1, 0.15) is 91.9 Å². The zero-order valence-electron chi connectivity index (χ0n) is 15.9. The van der Waals surface area contributed by atoms with Crippen molar-refractivity contribution in [2.24, 2.45) is 11.8 Å². The van der Waals surface area contributed by atoms with Crippen LogP contribution in [0.15, 0.2) is 0 Å². The Hall–Kier alpha value is -0.700. The summed E-state index contributed by atoms with van der Waals surface area (Å²) in [7, 11) is 0. The van der Waals surface area contributed by atoms with Crippen molar-refractivity contribution in [3.05, 3.63) is 0 Å². The summed E-state index contributed by atoms with van der Waals surface area (Å²) in [5.41, 5.74) is 0. The molecule has 3 heteroatoms. The van der Waals surface area contributed by atoms with Gasteiger partial charge in [-0.1, -0.05) is 47.0 Å². The van der Waals surface area contributed by atoms with Crippen LogP contribution in [-0.2, 0) is 14.3 Å². The van der Waals surface area contributed by atoms with Crippen molar-refractivity contribution in [3.63, 3.8) is 0 Å². The molecule has 0 heterocycles. The molecule has 23 heavy (non-hydrogen) atoms. The summed E-state index contributed by atoms with van der Waals surface area (Å²) in [6.45, 7) is 9.89. The third kappa shape index (κ3) is 17.5. The number of hydrogen-bond acceptors (Lipinski definition) is 3. The van der Waals surface area contributed by atoms with E-state index >= 15 is 0 Å². The number of carbonyl (C=O) groups is 2. The lowest BCUT2D eigenvalue weighted by Gasteiger charge is -2.06. The monoisotopic (exact) mass is 326 g/mol. The summed E-state index contributed by atoms with van der Waals surface area (Å²) in [6.07, 6.45) is 8.77. The Kier molecular flexibility index (Phi) is 14.4. The van der Waals surface area contributed by atoms with Crippen LogP contribution in [0.3, 0.4) is 0 Å². The van der Waals surface area contributed by atoms with E-state index in [9.17, 15) is 9.59 Å². The molecule has 0 unspecified atom stereocenters. The predicted molar refractivity (Wildman–Crippen MR) is 96.7 cm³/mol. The van der Waals surface area contributed by atoms with Crippen molar-refractivity contribution in [3.8, 4) is 0 Å². The van der Waals surface area contributed by atoms with Crippen molar-refractivity contribution in [1.29, 1.82) is 0 Å². The van der Waals surface area contributed by atoms with Gasteiger partial charge in [0.05, 0.1) is 6.61 Å². The van der Waals surface area contributed by atoms with E-state index in [1.807, 2.05) is 0 Å². The maximum atomic E-state index is 11.7. The predicted octanol–water partition coefficient (Wildman–Crippen LogP) is 5.35. The van der Waals surface area contributed by atoms with Gasteiger partial charge in [-0.05, 0) is 31.1 Å². The van der Waals surface area contributed by atoms with Crippen molar-refractivity contribution in [2.75, 3.05) is 13.2 Å². The normalized spacial score (nSPS) is 11.4. The van der Waals surface area contributed by atoms with Crippen LogP contribution >= 0.6 is 0 Å². The van der Waals surface area contributed by atoms with Crippen LogP contribution in [0.4, 0.5) is 0 Å². The Morgan fingerprint density at radius 3 is 1.83 bits per heavy atom. The minimum absolute atomic E-state index is 0.304. The van der Waals surface area contributed by atoms with E-state index in [2.05, 4.69) is 27.7 Å². The van der Waals surface area contributed by atoms with Crippen molar-refractivity contribution < 1.29 is 14.3 Å². The molecule has 0 saturated carbocycles. The molecule has 0 aromatic heterocycles. The Balaban J connectivity index is 3.34. The van der Waals surface area contributed by atoms with Crippen LogP contribution in [0.25, 0.3) is 0 Å². The second-order valence-corrected chi connectivity index (χ2v) is 7.47. The van der Waals surface area contributed by atoms with Crippen molar-refractivity contribution in [2.45, 2.75) is 91.9 Å². The van der Waals surface area contributed by atoms with Gasteiger partial charge in [-0.25, -0.2) is 0 Å². The lowest BCUT2D eigenvalue weighted by Crippen LogP contribution is -2.07. The fourth-order valence-electron chi connectivity index (χ4n) is 2.49. The fourth-order valence-corrected chi connectivity index (χ4v) is 2.49. The second-order valence-electron chi connectivity index (χ2n) is 7.47. The molecule has 0 rings (SSSR count). The molecular formula is C20H38O3. The van der Waals surface area contributed by atoms with Gasteiger partial charge in [0.1, 0.15) is 11.6 Å². The first-order valence-corrected chi connectivity index (χ1v) is 9.53. The molecule has 0 radical (unpaired) electrons. The summed E-state index contributed by atoms with van der Waals surface area (Å²) < 4.78 is 5.47. The highest BCUT2D eigenvalue weighted by molar-refractivity contribution is 5.78. The zero-order chi connectivity index (χ0) is 17.5. The minimum atomic E-state index is 0.304. The van der Waals surface area contributed by atoms with E-state index in [0.717, 1.165) is 38.0 Å². The molecule has 0 aromatic rings. The van der Waals surface area contributed by atoms with Crippen LogP contribution in [0.2, 0.25) is 0 Å². The van der Waals surface area contributed by atoms with Crippen molar-refractivity contribution in [1.82, 2.24) is 0 Å². The minimum Gasteiger partial charge on any atom is -0.381 e. The van der Waals surface area contributed by atoms with Gasteiger partial charge < -0.3 is 4.74 Å². The summed E-state index contributed by atoms with van der Waals surface area (Å²) in [4.78, 5) is 23.3. The standard InChI is InChI=1S/C20H38O3/c1-17(2)9-5-6-11-20(22)14-16-23-15-8-13-19(21)12-7-10-18(3)4/h17-18H,5-16H2,1-4H3. The van der Waals surface area contributed by atoms with Crippen LogP contribution in [0.5, 0.6) is 0 Å². The Labute approximate surface area is 143 Å². The van der Waals surface area contributed by atoms with E-state index < -0.39 is 0 Å². The Bertz CT molecular complexity index is 308. The molecule has 0 aliphatic carbocycles. The van der Waals surface area contributed by atoms with E-state index in [4.69, 9.17) is 4.74 Å². The first-order chi connectivity index (χ1) is 10.9. The number of rotatable bonds is 16. The SMILES string of the molecule is CC(C)CCCCC(=O)CCOCCCC(=O)CCCC(C)C. The molecule has 0 aromatic carbocycles. The Morgan fingerprint density at radius 1 is 0.652 bits per heavy atom. The highest BCUT2D eigenvalue weighted by Gasteiger charge is 2.05. The molecule has 0 aliphatic rings. The summed E-state index contributed by atoms with van der Waals surface area (Å²) in [5, 5.41) is 0.